The lowest BCUT2D eigenvalue weighted by Crippen LogP contribution is -1.95. The summed E-state index contributed by atoms with van der Waals surface area (Å²) in [7, 11) is 4.69. The van der Waals surface area contributed by atoms with Gasteiger partial charge in [0.1, 0.15) is 5.69 Å². The first-order valence-corrected chi connectivity index (χ1v) is 8.71. The van der Waals surface area contributed by atoms with E-state index in [1.165, 1.54) is 0 Å². The molecule has 3 heterocycles. The highest BCUT2D eigenvalue weighted by Crippen LogP contribution is 2.41. The highest BCUT2D eigenvalue weighted by Gasteiger charge is 2.18. The molecule has 0 amide bonds. The maximum Gasteiger partial charge on any atom is 0.203 e. The summed E-state index contributed by atoms with van der Waals surface area (Å²) < 4.78 is 22.5. The first-order valence-electron chi connectivity index (χ1n) is 7.91. The second-order valence-electron chi connectivity index (χ2n) is 5.60. The Hall–Kier alpha value is -3.07. The summed E-state index contributed by atoms with van der Waals surface area (Å²) in [6.45, 7) is 0. The molecule has 0 aliphatic rings. The molecule has 3 aromatic heterocycles. The summed E-state index contributed by atoms with van der Waals surface area (Å²) in [6, 6.07) is 7.29. The summed E-state index contributed by atoms with van der Waals surface area (Å²) in [5.41, 5.74) is 2.76. The minimum atomic E-state index is 0.493. The van der Waals surface area contributed by atoms with E-state index in [0.717, 1.165) is 15.6 Å². The van der Waals surface area contributed by atoms with Crippen molar-refractivity contribution in [1.82, 2.24) is 20.1 Å². The Balaban J connectivity index is 1.75. The van der Waals surface area contributed by atoms with Crippen LogP contribution in [0.15, 0.2) is 39.5 Å². The molecule has 0 saturated heterocycles. The van der Waals surface area contributed by atoms with E-state index >= 15 is 0 Å². The van der Waals surface area contributed by atoms with Gasteiger partial charge in [0, 0.05) is 22.3 Å². The quantitative estimate of drug-likeness (QED) is 0.509. The predicted molar refractivity (Wildman–Crippen MR) is 102 cm³/mol. The second kappa shape index (κ2) is 6.92. The number of nitrogens with one attached hydrogen (secondary N) is 1. The minimum absolute atomic E-state index is 0.493. The molecular weight excluding hydrogens is 416 g/mol. The molecule has 8 nitrogen and oxygen atoms in total. The average Bonchev–Trinajstić information content (AvgIpc) is 3.33. The van der Waals surface area contributed by atoms with Gasteiger partial charge < -0.3 is 23.7 Å². The Bertz CT molecular complexity index is 1100. The van der Waals surface area contributed by atoms with Gasteiger partial charge in [0.05, 0.1) is 26.8 Å². The van der Waals surface area contributed by atoms with Crippen LogP contribution in [0.3, 0.4) is 0 Å². The van der Waals surface area contributed by atoms with Gasteiger partial charge in [-0.15, -0.1) is 0 Å². The Kier molecular flexibility index (Phi) is 4.44. The van der Waals surface area contributed by atoms with E-state index in [1.807, 2.05) is 6.07 Å². The van der Waals surface area contributed by atoms with Gasteiger partial charge in [-0.25, -0.2) is 9.97 Å². The standard InChI is InChI=1S/C18H15BrN4O4/c1-24-13-4-9(5-14(25-2)16(13)26-3)11-7-15(27-23-11)18-21-12-6-10(19)8-20-17(12)22-18/h4-8H,1-3H3,(H,20,21,22). The van der Waals surface area contributed by atoms with Gasteiger partial charge >= 0.3 is 0 Å². The van der Waals surface area contributed by atoms with Gasteiger partial charge in [-0.2, -0.15) is 0 Å². The summed E-state index contributed by atoms with van der Waals surface area (Å²) in [5.74, 6) is 2.62. The third-order valence-corrected chi connectivity index (χ3v) is 4.44. The van der Waals surface area contributed by atoms with Crippen LogP contribution in [0.1, 0.15) is 0 Å². The van der Waals surface area contributed by atoms with E-state index in [2.05, 4.69) is 36.0 Å². The third-order valence-electron chi connectivity index (χ3n) is 4.01. The van der Waals surface area contributed by atoms with Crippen LogP contribution in [0.2, 0.25) is 0 Å². The van der Waals surface area contributed by atoms with Crippen molar-refractivity contribution in [2.75, 3.05) is 21.3 Å². The molecule has 0 unspecified atom stereocenters. The lowest BCUT2D eigenvalue weighted by molar-refractivity contribution is 0.324. The van der Waals surface area contributed by atoms with Gasteiger partial charge in [-0.3, -0.25) is 0 Å². The molecule has 9 heteroatoms. The zero-order valence-corrected chi connectivity index (χ0v) is 16.3. The van der Waals surface area contributed by atoms with Crippen LogP contribution in [0.4, 0.5) is 0 Å². The topological polar surface area (TPSA) is 95.3 Å². The predicted octanol–water partition coefficient (Wildman–Crippen LogP) is 4.07. The molecule has 0 aliphatic heterocycles. The molecule has 4 aromatic rings. The van der Waals surface area contributed by atoms with Crippen molar-refractivity contribution < 1.29 is 18.7 Å². The molecule has 138 valence electrons. The average molecular weight is 431 g/mol. The maximum atomic E-state index is 5.47. The number of aromatic amines is 1. The number of fused-ring (bicyclic) bond motifs is 1. The molecule has 27 heavy (non-hydrogen) atoms. The fourth-order valence-electron chi connectivity index (χ4n) is 2.74. The normalized spacial score (nSPS) is 11.0. The van der Waals surface area contributed by atoms with Gasteiger partial charge in [0.15, 0.2) is 23.0 Å². The fourth-order valence-corrected chi connectivity index (χ4v) is 3.07. The number of halogens is 1. The molecule has 4 rings (SSSR count). The Morgan fingerprint density at radius 1 is 1.00 bits per heavy atom. The lowest BCUT2D eigenvalue weighted by Gasteiger charge is -2.13. The van der Waals surface area contributed by atoms with Crippen LogP contribution in [-0.4, -0.2) is 41.4 Å². The number of methoxy groups -OCH3 is 3. The number of nitrogens with zero attached hydrogens (tertiary/aromatic N) is 3. The number of hydrogen-bond donors (Lipinski definition) is 1. The summed E-state index contributed by atoms with van der Waals surface area (Å²) in [4.78, 5) is 11.9. The molecule has 0 spiro atoms. The zero-order chi connectivity index (χ0) is 19.0. The van der Waals surface area contributed by atoms with Crippen LogP contribution in [0.5, 0.6) is 17.2 Å². The molecule has 1 aromatic carbocycles. The SMILES string of the molecule is COc1cc(-c2cc(-c3nc4ncc(Br)cc4[nH]3)on2)cc(OC)c1OC. The van der Waals surface area contributed by atoms with Gasteiger partial charge in [0.25, 0.3) is 0 Å². The zero-order valence-electron chi connectivity index (χ0n) is 14.7. The number of ether oxygens (including phenoxy) is 3. The number of rotatable bonds is 5. The molecule has 0 aliphatic carbocycles. The molecule has 1 N–H and O–H groups in total. The molecular formula is C18H15BrN4O4. The number of hydrogen-bond acceptors (Lipinski definition) is 7. The second-order valence-corrected chi connectivity index (χ2v) is 6.52. The van der Waals surface area contributed by atoms with Crippen molar-refractivity contribution >= 4 is 27.1 Å². The van der Waals surface area contributed by atoms with Crippen LogP contribution in [0.25, 0.3) is 34.0 Å². The van der Waals surface area contributed by atoms with Crippen molar-refractivity contribution in [1.29, 1.82) is 0 Å². The third kappa shape index (κ3) is 3.10. The van der Waals surface area contributed by atoms with Crippen molar-refractivity contribution in [2.45, 2.75) is 0 Å². The maximum absolute atomic E-state index is 5.47. The highest BCUT2D eigenvalue weighted by molar-refractivity contribution is 9.10. The van der Waals surface area contributed by atoms with E-state index in [1.54, 1.807) is 45.7 Å². The molecule has 0 atom stereocenters. The summed E-state index contributed by atoms with van der Waals surface area (Å²) in [6.07, 6.45) is 1.69. The van der Waals surface area contributed by atoms with Crippen molar-refractivity contribution in [3.05, 3.63) is 34.9 Å². The van der Waals surface area contributed by atoms with E-state index in [0.29, 0.717) is 40.2 Å². The molecule has 0 bridgehead atoms. The molecule has 0 saturated carbocycles. The van der Waals surface area contributed by atoms with Crippen LogP contribution in [0, 0.1) is 0 Å². The van der Waals surface area contributed by atoms with Crippen molar-refractivity contribution in [2.24, 2.45) is 0 Å². The monoisotopic (exact) mass is 430 g/mol. The lowest BCUT2D eigenvalue weighted by atomic mass is 10.1. The fraction of sp³-hybridized carbons (Fsp3) is 0.167. The van der Waals surface area contributed by atoms with Crippen LogP contribution >= 0.6 is 15.9 Å². The van der Waals surface area contributed by atoms with Crippen LogP contribution < -0.4 is 14.2 Å². The number of benzene rings is 1. The van der Waals surface area contributed by atoms with E-state index in [4.69, 9.17) is 18.7 Å². The number of imidazole rings is 1. The summed E-state index contributed by atoms with van der Waals surface area (Å²) in [5, 5.41) is 4.14. The largest absolute Gasteiger partial charge is 0.493 e. The number of aromatic nitrogens is 4. The summed E-state index contributed by atoms with van der Waals surface area (Å²) >= 11 is 3.39. The van der Waals surface area contributed by atoms with Crippen molar-refractivity contribution in [3.63, 3.8) is 0 Å². The van der Waals surface area contributed by atoms with Gasteiger partial charge in [0.2, 0.25) is 11.5 Å². The van der Waals surface area contributed by atoms with Crippen molar-refractivity contribution in [3.8, 4) is 40.1 Å². The van der Waals surface area contributed by atoms with Gasteiger partial charge in [-0.1, -0.05) is 5.16 Å². The first-order chi connectivity index (χ1) is 13.1. The Morgan fingerprint density at radius 2 is 1.74 bits per heavy atom. The van der Waals surface area contributed by atoms with E-state index in [9.17, 15) is 0 Å². The van der Waals surface area contributed by atoms with Gasteiger partial charge in [-0.05, 0) is 34.1 Å². The Labute approximate surface area is 162 Å². The number of pyridine rings is 1. The highest BCUT2D eigenvalue weighted by atomic mass is 79.9. The Morgan fingerprint density at radius 3 is 2.41 bits per heavy atom. The molecule has 0 radical (unpaired) electrons. The van der Waals surface area contributed by atoms with E-state index in [-0.39, 0.29) is 0 Å². The van der Waals surface area contributed by atoms with Crippen LogP contribution in [-0.2, 0) is 0 Å². The minimum Gasteiger partial charge on any atom is -0.493 e. The van der Waals surface area contributed by atoms with E-state index < -0.39 is 0 Å². The first kappa shape index (κ1) is 17.3. The number of H-pyrrole nitrogens is 1. The smallest absolute Gasteiger partial charge is 0.203 e. The molecule has 0 fully saturated rings.